The van der Waals surface area contributed by atoms with Crippen molar-refractivity contribution < 1.29 is 14.3 Å². The Hall–Kier alpha value is -2.36. The molecular formula is C17H18FNO2. The maximum absolute atomic E-state index is 13.4. The molecule has 0 aliphatic carbocycles. The highest BCUT2D eigenvalue weighted by Gasteiger charge is 2.13. The van der Waals surface area contributed by atoms with Gasteiger partial charge in [0.1, 0.15) is 5.82 Å². The standard InChI is InChI=1S/C17H18FNO2/c1-2-13(10-12-6-4-3-5-7-12)19-14-8-9-16(18)15(11-14)17(20)21/h3-9,11,13,19H,2,10H2,1H3,(H,20,21). The molecule has 0 bridgehead atoms. The average molecular weight is 287 g/mol. The molecule has 0 saturated carbocycles. The van der Waals surface area contributed by atoms with Crippen molar-refractivity contribution in [2.45, 2.75) is 25.8 Å². The van der Waals surface area contributed by atoms with E-state index in [1.54, 1.807) is 6.07 Å². The Morgan fingerprint density at radius 1 is 1.24 bits per heavy atom. The van der Waals surface area contributed by atoms with Gasteiger partial charge in [-0.25, -0.2) is 9.18 Å². The van der Waals surface area contributed by atoms with E-state index in [0.29, 0.717) is 5.69 Å². The van der Waals surface area contributed by atoms with Crippen molar-refractivity contribution in [3.05, 3.63) is 65.5 Å². The molecule has 21 heavy (non-hydrogen) atoms. The number of aromatic carboxylic acids is 1. The summed E-state index contributed by atoms with van der Waals surface area (Å²) in [7, 11) is 0. The summed E-state index contributed by atoms with van der Waals surface area (Å²) in [6.45, 7) is 2.06. The minimum Gasteiger partial charge on any atom is -0.478 e. The van der Waals surface area contributed by atoms with Crippen LogP contribution in [0, 0.1) is 5.82 Å². The zero-order valence-corrected chi connectivity index (χ0v) is 11.8. The monoisotopic (exact) mass is 287 g/mol. The van der Waals surface area contributed by atoms with Crippen LogP contribution in [0.15, 0.2) is 48.5 Å². The summed E-state index contributed by atoms with van der Waals surface area (Å²) in [4.78, 5) is 11.0. The first-order chi connectivity index (χ1) is 10.1. The van der Waals surface area contributed by atoms with Crippen molar-refractivity contribution >= 4 is 11.7 Å². The fourth-order valence-corrected chi connectivity index (χ4v) is 2.21. The molecule has 1 unspecified atom stereocenters. The van der Waals surface area contributed by atoms with Crippen LogP contribution in [-0.4, -0.2) is 17.1 Å². The molecular weight excluding hydrogens is 269 g/mol. The summed E-state index contributed by atoms with van der Waals surface area (Å²) in [5.41, 5.74) is 1.52. The van der Waals surface area contributed by atoms with Crippen LogP contribution in [0.25, 0.3) is 0 Å². The van der Waals surface area contributed by atoms with Gasteiger partial charge in [-0.05, 0) is 36.6 Å². The summed E-state index contributed by atoms with van der Waals surface area (Å²) >= 11 is 0. The van der Waals surface area contributed by atoms with Crippen LogP contribution < -0.4 is 5.32 Å². The maximum Gasteiger partial charge on any atom is 0.338 e. The molecule has 0 saturated heterocycles. The third kappa shape index (κ3) is 4.05. The van der Waals surface area contributed by atoms with Crippen molar-refractivity contribution in [1.82, 2.24) is 0 Å². The van der Waals surface area contributed by atoms with Gasteiger partial charge >= 0.3 is 5.97 Å². The molecule has 2 aromatic rings. The minimum atomic E-state index is -1.26. The van der Waals surface area contributed by atoms with Crippen LogP contribution in [0.1, 0.15) is 29.3 Å². The molecule has 0 aromatic heterocycles. The Morgan fingerprint density at radius 2 is 1.95 bits per heavy atom. The maximum atomic E-state index is 13.4. The number of halogens is 1. The molecule has 0 aliphatic rings. The summed E-state index contributed by atoms with van der Waals surface area (Å²) in [5, 5.41) is 12.2. The number of carboxylic acid groups (broad SMARTS) is 1. The Balaban J connectivity index is 2.11. The van der Waals surface area contributed by atoms with E-state index in [4.69, 9.17) is 5.11 Å². The van der Waals surface area contributed by atoms with Gasteiger partial charge in [0.2, 0.25) is 0 Å². The predicted molar refractivity (Wildman–Crippen MR) is 81.2 cm³/mol. The van der Waals surface area contributed by atoms with Crippen LogP contribution in [0.2, 0.25) is 0 Å². The number of benzene rings is 2. The zero-order chi connectivity index (χ0) is 15.2. The molecule has 0 spiro atoms. The number of carbonyl (C=O) groups is 1. The van der Waals surface area contributed by atoms with Crippen molar-refractivity contribution in [2.24, 2.45) is 0 Å². The van der Waals surface area contributed by atoms with Crippen molar-refractivity contribution in [2.75, 3.05) is 5.32 Å². The van der Waals surface area contributed by atoms with E-state index in [-0.39, 0.29) is 11.6 Å². The largest absolute Gasteiger partial charge is 0.478 e. The highest BCUT2D eigenvalue weighted by atomic mass is 19.1. The lowest BCUT2D eigenvalue weighted by Crippen LogP contribution is -2.21. The molecule has 0 radical (unpaired) electrons. The van der Waals surface area contributed by atoms with E-state index in [9.17, 15) is 9.18 Å². The number of nitrogens with one attached hydrogen (secondary N) is 1. The highest BCUT2D eigenvalue weighted by Crippen LogP contribution is 2.18. The predicted octanol–water partition coefficient (Wildman–Crippen LogP) is 3.96. The molecule has 2 rings (SSSR count). The van der Waals surface area contributed by atoms with Crippen molar-refractivity contribution in [1.29, 1.82) is 0 Å². The molecule has 2 aromatic carbocycles. The molecule has 0 amide bonds. The lowest BCUT2D eigenvalue weighted by atomic mass is 10.0. The van der Waals surface area contributed by atoms with Crippen LogP contribution in [-0.2, 0) is 6.42 Å². The van der Waals surface area contributed by atoms with Gasteiger partial charge < -0.3 is 10.4 Å². The van der Waals surface area contributed by atoms with Gasteiger partial charge in [-0.15, -0.1) is 0 Å². The van der Waals surface area contributed by atoms with Gasteiger partial charge in [0.15, 0.2) is 0 Å². The SMILES string of the molecule is CCC(Cc1ccccc1)Nc1ccc(F)c(C(=O)O)c1. The van der Waals surface area contributed by atoms with Gasteiger partial charge in [0.05, 0.1) is 5.56 Å². The van der Waals surface area contributed by atoms with Gasteiger partial charge in [-0.3, -0.25) is 0 Å². The number of anilines is 1. The average Bonchev–Trinajstić information content (AvgIpc) is 2.49. The minimum absolute atomic E-state index is 0.166. The Kier molecular flexibility index (Phi) is 4.93. The van der Waals surface area contributed by atoms with Crippen LogP contribution in [0.3, 0.4) is 0 Å². The van der Waals surface area contributed by atoms with E-state index in [1.807, 2.05) is 18.2 Å². The lowest BCUT2D eigenvalue weighted by Gasteiger charge is -2.19. The molecule has 0 fully saturated rings. The summed E-state index contributed by atoms with van der Waals surface area (Å²) in [6, 6.07) is 14.3. The summed E-state index contributed by atoms with van der Waals surface area (Å²) < 4.78 is 13.4. The first-order valence-corrected chi connectivity index (χ1v) is 6.93. The van der Waals surface area contributed by atoms with Gasteiger partial charge in [0.25, 0.3) is 0 Å². The number of carboxylic acids is 1. The number of hydrogen-bond donors (Lipinski definition) is 2. The second-order valence-corrected chi connectivity index (χ2v) is 4.94. The lowest BCUT2D eigenvalue weighted by molar-refractivity contribution is 0.0692. The van der Waals surface area contributed by atoms with Crippen molar-refractivity contribution in [3.8, 4) is 0 Å². The van der Waals surface area contributed by atoms with Gasteiger partial charge in [-0.1, -0.05) is 37.3 Å². The third-order valence-corrected chi connectivity index (χ3v) is 3.39. The topological polar surface area (TPSA) is 49.3 Å². The normalized spacial score (nSPS) is 11.9. The Morgan fingerprint density at radius 3 is 2.57 bits per heavy atom. The first-order valence-electron chi connectivity index (χ1n) is 6.93. The Bertz CT molecular complexity index is 613. The van der Waals surface area contributed by atoms with Gasteiger partial charge in [-0.2, -0.15) is 0 Å². The molecule has 2 N–H and O–H groups in total. The summed E-state index contributed by atoms with van der Waals surface area (Å²) in [5.74, 6) is -1.98. The highest BCUT2D eigenvalue weighted by molar-refractivity contribution is 5.89. The van der Waals surface area contributed by atoms with Crippen LogP contribution >= 0.6 is 0 Å². The van der Waals surface area contributed by atoms with E-state index >= 15 is 0 Å². The second-order valence-electron chi connectivity index (χ2n) is 4.94. The molecule has 3 nitrogen and oxygen atoms in total. The first kappa shape index (κ1) is 15.0. The smallest absolute Gasteiger partial charge is 0.338 e. The fraction of sp³-hybridized carbons (Fsp3) is 0.235. The van der Waals surface area contributed by atoms with E-state index in [1.165, 1.54) is 17.7 Å². The van der Waals surface area contributed by atoms with E-state index in [0.717, 1.165) is 12.8 Å². The zero-order valence-electron chi connectivity index (χ0n) is 11.8. The van der Waals surface area contributed by atoms with Crippen molar-refractivity contribution in [3.63, 3.8) is 0 Å². The fourth-order valence-electron chi connectivity index (χ4n) is 2.21. The number of rotatable bonds is 6. The van der Waals surface area contributed by atoms with E-state index in [2.05, 4.69) is 24.4 Å². The number of hydrogen-bond acceptors (Lipinski definition) is 2. The molecule has 1 atom stereocenters. The third-order valence-electron chi connectivity index (χ3n) is 3.39. The van der Waals surface area contributed by atoms with Gasteiger partial charge in [0, 0.05) is 11.7 Å². The molecule has 0 aliphatic heterocycles. The second kappa shape index (κ2) is 6.88. The molecule has 4 heteroatoms. The summed E-state index contributed by atoms with van der Waals surface area (Å²) in [6.07, 6.45) is 1.71. The molecule has 0 heterocycles. The van der Waals surface area contributed by atoms with Crippen LogP contribution in [0.5, 0.6) is 0 Å². The molecule has 110 valence electrons. The quantitative estimate of drug-likeness (QED) is 0.845. The Labute approximate surface area is 123 Å². The van der Waals surface area contributed by atoms with E-state index < -0.39 is 11.8 Å². The van der Waals surface area contributed by atoms with Crippen LogP contribution in [0.4, 0.5) is 10.1 Å².